The molecule has 0 fully saturated rings. The summed E-state index contributed by atoms with van der Waals surface area (Å²) in [5, 5.41) is 0. The van der Waals surface area contributed by atoms with Gasteiger partial charge in [0.25, 0.3) is 0 Å². The van der Waals surface area contributed by atoms with E-state index in [2.05, 4.69) is 13.5 Å². The van der Waals surface area contributed by atoms with E-state index >= 15 is 0 Å². The van der Waals surface area contributed by atoms with Gasteiger partial charge in [0.15, 0.2) is 0 Å². The van der Waals surface area contributed by atoms with Gasteiger partial charge in [-0.2, -0.15) is 0 Å². The van der Waals surface area contributed by atoms with Gasteiger partial charge in [0.05, 0.1) is 0 Å². The van der Waals surface area contributed by atoms with Crippen molar-refractivity contribution in [2.45, 2.75) is 58.5 Å². The van der Waals surface area contributed by atoms with Crippen LogP contribution in [0.15, 0.2) is 12.7 Å². The molecular weight excluding hydrogens is 176 g/mol. The van der Waals surface area contributed by atoms with Crippen LogP contribution in [-0.4, -0.2) is 12.1 Å². The zero-order valence-electron chi connectivity index (χ0n) is 9.42. The maximum Gasteiger partial charge on any atom is 0.330 e. The zero-order valence-corrected chi connectivity index (χ0v) is 9.42. The number of unbranched alkanes of at least 4 members (excludes halogenated alkanes) is 3. The highest BCUT2D eigenvalue weighted by Gasteiger charge is 2.09. The molecule has 0 aliphatic heterocycles. The Hall–Kier alpha value is -0.790. The van der Waals surface area contributed by atoms with Crippen molar-refractivity contribution in [3.63, 3.8) is 0 Å². The van der Waals surface area contributed by atoms with Crippen molar-refractivity contribution in [2.24, 2.45) is 0 Å². The average Bonchev–Trinajstić information content (AvgIpc) is 2.22. The number of esters is 1. The first-order chi connectivity index (χ1) is 6.74. The summed E-state index contributed by atoms with van der Waals surface area (Å²) in [5.41, 5.74) is 0. The van der Waals surface area contributed by atoms with Gasteiger partial charge in [0.2, 0.25) is 0 Å². The Labute approximate surface area is 87.3 Å². The van der Waals surface area contributed by atoms with E-state index < -0.39 is 0 Å². The molecule has 0 radical (unpaired) electrons. The molecule has 0 spiro atoms. The molecule has 0 aromatic rings. The summed E-state index contributed by atoms with van der Waals surface area (Å²) < 4.78 is 5.17. The predicted octanol–water partition coefficient (Wildman–Crippen LogP) is 3.46. The van der Waals surface area contributed by atoms with Crippen LogP contribution in [0.3, 0.4) is 0 Å². The fraction of sp³-hybridized carbons (Fsp3) is 0.750. The molecule has 82 valence electrons. The van der Waals surface area contributed by atoms with Gasteiger partial charge in [0.1, 0.15) is 6.10 Å². The lowest BCUT2D eigenvalue weighted by molar-refractivity contribution is -0.143. The molecule has 1 atom stereocenters. The Morgan fingerprint density at radius 3 is 2.57 bits per heavy atom. The summed E-state index contributed by atoms with van der Waals surface area (Å²) in [5.74, 6) is -0.299. The fourth-order valence-electron chi connectivity index (χ4n) is 1.36. The summed E-state index contributed by atoms with van der Waals surface area (Å²) in [4.78, 5) is 10.9. The molecule has 0 heterocycles. The molecule has 0 aliphatic rings. The minimum atomic E-state index is -0.299. The summed E-state index contributed by atoms with van der Waals surface area (Å²) in [7, 11) is 0. The Balaban J connectivity index is 3.57. The Kier molecular flexibility index (Phi) is 8.30. The molecule has 2 nitrogen and oxygen atoms in total. The third-order valence-electron chi connectivity index (χ3n) is 2.28. The molecule has 0 aromatic heterocycles. The van der Waals surface area contributed by atoms with Gasteiger partial charge < -0.3 is 4.74 Å². The van der Waals surface area contributed by atoms with E-state index in [9.17, 15) is 4.79 Å². The van der Waals surface area contributed by atoms with Crippen LogP contribution in [0.5, 0.6) is 0 Å². The highest BCUT2D eigenvalue weighted by Crippen LogP contribution is 2.11. The van der Waals surface area contributed by atoms with Crippen LogP contribution in [0, 0.1) is 0 Å². The van der Waals surface area contributed by atoms with Crippen molar-refractivity contribution >= 4 is 5.97 Å². The number of hydrogen-bond acceptors (Lipinski definition) is 2. The lowest BCUT2D eigenvalue weighted by atomic mass is 10.1. The molecule has 0 aliphatic carbocycles. The highest BCUT2D eigenvalue weighted by molar-refractivity contribution is 5.81. The van der Waals surface area contributed by atoms with E-state index in [1.807, 2.05) is 6.92 Å². The minimum Gasteiger partial charge on any atom is -0.459 e. The average molecular weight is 198 g/mol. The number of carbonyl (C=O) groups is 1. The van der Waals surface area contributed by atoms with Gasteiger partial charge >= 0.3 is 5.97 Å². The normalized spacial score (nSPS) is 12.1. The maximum absolute atomic E-state index is 10.9. The maximum atomic E-state index is 10.9. The number of carbonyl (C=O) groups excluding carboxylic acids is 1. The molecule has 0 bridgehead atoms. The third kappa shape index (κ3) is 6.70. The van der Waals surface area contributed by atoms with Crippen LogP contribution in [-0.2, 0) is 9.53 Å². The van der Waals surface area contributed by atoms with Crippen LogP contribution < -0.4 is 0 Å². The highest BCUT2D eigenvalue weighted by atomic mass is 16.5. The van der Waals surface area contributed by atoms with Crippen LogP contribution in [0.4, 0.5) is 0 Å². The summed E-state index contributed by atoms with van der Waals surface area (Å²) in [6.45, 7) is 7.62. The standard InChI is InChI=1S/C12H22O2/c1-4-7-8-9-10-11(5-2)14-12(13)6-3/h6,11H,3-5,7-10H2,1-2H3. The first kappa shape index (κ1) is 13.2. The van der Waals surface area contributed by atoms with Gasteiger partial charge in [-0.15, -0.1) is 0 Å². The van der Waals surface area contributed by atoms with Gasteiger partial charge in [0, 0.05) is 6.08 Å². The molecular formula is C12H22O2. The van der Waals surface area contributed by atoms with E-state index in [0.29, 0.717) is 0 Å². The Morgan fingerprint density at radius 2 is 2.07 bits per heavy atom. The molecule has 1 unspecified atom stereocenters. The van der Waals surface area contributed by atoms with Gasteiger partial charge in [-0.05, 0) is 19.3 Å². The minimum absolute atomic E-state index is 0.0809. The summed E-state index contributed by atoms with van der Waals surface area (Å²) in [6.07, 6.45) is 8.08. The van der Waals surface area contributed by atoms with Crippen molar-refractivity contribution in [1.29, 1.82) is 0 Å². The smallest absolute Gasteiger partial charge is 0.330 e. The molecule has 0 rings (SSSR count). The van der Waals surface area contributed by atoms with Crippen molar-refractivity contribution in [3.8, 4) is 0 Å². The third-order valence-corrected chi connectivity index (χ3v) is 2.28. The first-order valence-corrected chi connectivity index (χ1v) is 5.57. The molecule has 2 heteroatoms. The predicted molar refractivity (Wildman–Crippen MR) is 59.1 cm³/mol. The van der Waals surface area contributed by atoms with Crippen molar-refractivity contribution in [3.05, 3.63) is 12.7 Å². The zero-order chi connectivity index (χ0) is 10.8. The van der Waals surface area contributed by atoms with E-state index in [1.54, 1.807) is 0 Å². The van der Waals surface area contributed by atoms with E-state index in [-0.39, 0.29) is 12.1 Å². The van der Waals surface area contributed by atoms with Gasteiger partial charge in [-0.1, -0.05) is 39.7 Å². The van der Waals surface area contributed by atoms with Crippen LogP contribution in [0.25, 0.3) is 0 Å². The monoisotopic (exact) mass is 198 g/mol. The first-order valence-electron chi connectivity index (χ1n) is 5.57. The quantitative estimate of drug-likeness (QED) is 0.339. The second-order valence-electron chi connectivity index (χ2n) is 3.52. The topological polar surface area (TPSA) is 26.3 Å². The molecule has 0 N–H and O–H groups in total. The molecule has 0 saturated heterocycles. The van der Waals surface area contributed by atoms with E-state index in [1.165, 1.54) is 25.3 Å². The molecule has 0 amide bonds. The van der Waals surface area contributed by atoms with Crippen LogP contribution >= 0.6 is 0 Å². The largest absolute Gasteiger partial charge is 0.459 e. The molecule has 0 aromatic carbocycles. The van der Waals surface area contributed by atoms with E-state index in [4.69, 9.17) is 4.74 Å². The van der Waals surface area contributed by atoms with Crippen LogP contribution in [0.1, 0.15) is 52.4 Å². The van der Waals surface area contributed by atoms with Gasteiger partial charge in [-0.25, -0.2) is 4.79 Å². The number of ether oxygens (including phenoxy) is 1. The summed E-state index contributed by atoms with van der Waals surface area (Å²) >= 11 is 0. The Bertz CT molecular complexity index is 164. The lowest BCUT2D eigenvalue weighted by Crippen LogP contribution is -2.15. The van der Waals surface area contributed by atoms with Crippen molar-refractivity contribution < 1.29 is 9.53 Å². The second-order valence-corrected chi connectivity index (χ2v) is 3.52. The van der Waals surface area contributed by atoms with Crippen LogP contribution in [0.2, 0.25) is 0 Å². The summed E-state index contributed by atoms with van der Waals surface area (Å²) in [6, 6.07) is 0. The Morgan fingerprint density at radius 1 is 1.36 bits per heavy atom. The van der Waals surface area contributed by atoms with E-state index in [0.717, 1.165) is 19.3 Å². The molecule has 0 saturated carbocycles. The number of rotatable bonds is 8. The fourth-order valence-corrected chi connectivity index (χ4v) is 1.36. The second kappa shape index (κ2) is 8.79. The van der Waals surface area contributed by atoms with Crippen molar-refractivity contribution in [1.82, 2.24) is 0 Å². The SMILES string of the molecule is C=CC(=O)OC(CC)CCCCCC. The lowest BCUT2D eigenvalue weighted by Gasteiger charge is -2.14. The van der Waals surface area contributed by atoms with Crippen molar-refractivity contribution in [2.75, 3.05) is 0 Å². The van der Waals surface area contributed by atoms with Gasteiger partial charge in [-0.3, -0.25) is 0 Å². The number of hydrogen-bond donors (Lipinski definition) is 0. The molecule has 14 heavy (non-hydrogen) atoms.